The van der Waals surface area contributed by atoms with Crippen molar-refractivity contribution in [2.75, 3.05) is 0 Å². The molecule has 3 nitrogen and oxygen atoms in total. The highest BCUT2D eigenvalue weighted by Crippen LogP contribution is 1.93. The third kappa shape index (κ3) is 0.907. The van der Waals surface area contributed by atoms with Crippen molar-refractivity contribution in [3.63, 3.8) is 0 Å². The fraction of sp³-hybridized carbons (Fsp3) is 1.00. The third-order valence-corrected chi connectivity index (χ3v) is 1.17. The molecule has 0 unspecified atom stereocenters. The molecule has 7 heavy (non-hydrogen) atoms. The Bertz CT molecular complexity index is 58.0. The Morgan fingerprint density at radius 1 is 1.57 bits per heavy atom. The van der Waals surface area contributed by atoms with Crippen LogP contribution < -0.4 is 16.4 Å². The van der Waals surface area contributed by atoms with Crippen LogP contribution in [0.25, 0.3) is 0 Å². The van der Waals surface area contributed by atoms with Gasteiger partial charge in [0.05, 0.1) is 6.17 Å². The van der Waals surface area contributed by atoms with E-state index in [1.807, 2.05) is 0 Å². The van der Waals surface area contributed by atoms with E-state index in [0.717, 1.165) is 6.42 Å². The minimum absolute atomic E-state index is 0.0462. The molecule has 1 aliphatic heterocycles. The third-order valence-electron chi connectivity index (χ3n) is 1.17. The maximum absolute atomic E-state index is 5.32. The number of nitrogens with one attached hydrogen (secondary N) is 2. The van der Waals surface area contributed by atoms with E-state index in [9.17, 15) is 0 Å². The van der Waals surface area contributed by atoms with E-state index < -0.39 is 0 Å². The van der Waals surface area contributed by atoms with E-state index in [4.69, 9.17) is 5.73 Å². The lowest BCUT2D eigenvalue weighted by molar-refractivity contribution is 0.198. The molecule has 0 aliphatic carbocycles. The quantitative estimate of drug-likeness (QED) is 0.403. The summed E-state index contributed by atoms with van der Waals surface area (Å²) < 4.78 is 0. The SMILES string of the molecule is CCC1NC(N)N1. The monoisotopic (exact) mass is 101 g/mol. The van der Waals surface area contributed by atoms with Crippen LogP contribution in [0.15, 0.2) is 0 Å². The van der Waals surface area contributed by atoms with Crippen LogP contribution in [0.1, 0.15) is 13.3 Å². The molecule has 42 valence electrons. The van der Waals surface area contributed by atoms with Crippen molar-refractivity contribution < 1.29 is 0 Å². The second kappa shape index (κ2) is 1.78. The Balaban J connectivity index is 2.06. The molecule has 0 spiro atoms. The van der Waals surface area contributed by atoms with Crippen molar-refractivity contribution in [2.45, 2.75) is 25.8 Å². The molecule has 1 fully saturated rings. The summed E-state index contributed by atoms with van der Waals surface area (Å²) in [6.07, 6.45) is 1.62. The van der Waals surface area contributed by atoms with Gasteiger partial charge in [0.2, 0.25) is 0 Å². The lowest BCUT2D eigenvalue weighted by Gasteiger charge is -2.35. The van der Waals surface area contributed by atoms with Gasteiger partial charge in [0.1, 0.15) is 6.29 Å². The molecule has 4 N–H and O–H groups in total. The Morgan fingerprint density at radius 3 is 2.29 bits per heavy atom. The molecule has 0 bridgehead atoms. The van der Waals surface area contributed by atoms with Gasteiger partial charge in [-0.05, 0) is 6.42 Å². The van der Waals surface area contributed by atoms with Gasteiger partial charge in [0.15, 0.2) is 0 Å². The maximum atomic E-state index is 5.32. The zero-order valence-corrected chi connectivity index (χ0v) is 4.44. The Morgan fingerprint density at radius 2 is 2.14 bits per heavy atom. The highest BCUT2D eigenvalue weighted by Gasteiger charge is 2.19. The molecule has 1 aliphatic rings. The minimum atomic E-state index is 0.0462. The van der Waals surface area contributed by atoms with Gasteiger partial charge in [0.25, 0.3) is 0 Å². The molecule has 0 radical (unpaired) electrons. The standard InChI is InChI=1S/C4H11N3/c1-2-3-6-4(5)7-3/h3-4,6-7H,2,5H2,1H3. The molecule has 0 atom stereocenters. The van der Waals surface area contributed by atoms with Crippen molar-refractivity contribution in [3.05, 3.63) is 0 Å². The number of hydrogen-bond donors (Lipinski definition) is 3. The molecule has 0 amide bonds. The molecule has 1 heterocycles. The maximum Gasteiger partial charge on any atom is 0.111 e. The predicted molar refractivity (Wildman–Crippen MR) is 28.3 cm³/mol. The van der Waals surface area contributed by atoms with Crippen LogP contribution in [0.5, 0.6) is 0 Å². The lowest BCUT2D eigenvalue weighted by atomic mass is 10.3. The van der Waals surface area contributed by atoms with E-state index in [-0.39, 0.29) is 6.29 Å². The highest BCUT2D eigenvalue weighted by molar-refractivity contribution is 4.76. The van der Waals surface area contributed by atoms with Gasteiger partial charge in [-0.1, -0.05) is 6.92 Å². The van der Waals surface area contributed by atoms with Crippen molar-refractivity contribution in [3.8, 4) is 0 Å². The first-order valence-electron chi connectivity index (χ1n) is 2.60. The van der Waals surface area contributed by atoms with Crippen LogP contribution >= 0.6 is 0 Å². The first-order valence-corrected chi connectivity index (χ1v) is 2.60. The highest BCUT2D eigenvalue weighted by atomic mass is 15.4. The van der Waals surface area contributed by atoms with Crippen molar-refractivity contribution >= 4 is 0 Å². The summed E-state index contributed by atoms with van der Waals surface area (Å²) in [7, 11) is 0. The lowest BCUT2D eigenvalue weighted by Crippen LogP contribution is -2.71. The van der Waals surface area contributed by atoms with Gasteiger partial charge in [-0.15, -0.1) is 0 Å². The molecule has 0 aromatic carbocycles. The van der Waals surface area contributed by atoms with Crippen LogP contribution in [0.2, 0.25) is 0 Å². The van der Waals surface area contributed by atoms with Gasteiger partial charge in [-0.2, -0.15) is 0 Å². The van der Waals surface area contributed by atoms with Gasteiger partial charge >= 0.3 is 0 Å². The van der Waals surface area contributed by atoms with Crippen molar-refractivity contribution in [1.29, 1.82) is 0 Å². The van der Waals surface area contributed by atoms with Crippen molar-refractivity contribution in [2.24, 2.45) is 5.73 Å². The zero-order valence-electron chi connectivity index (χ0n) is 4.44. The smallest absolute Gasteiger partial charge is 0.111 e. The van der Waals surface area contributed by atoms with Gasteiger partial charge < -0.3 is 5.73 Å². The summed E-state index contributed by atoms with van der Waals surface area (Å²) in [5, 5.41) is 6.12. The molecular formula is C4H11N3. The fourth-order valence-electron chi connectivity index (χ4n) is 0.669. The van der Waals surface area contributed by atoms with Crippen LogP contribution in [0.3, 0.4) is 0 Å². The summed E-state index contributed by atoms with van der Waals surface area (Å²) in [6.45, 7) is 2.11. The molecule has 0 saturated carbocycles. The first-order chi connectivity index (χ1) is 3.33. The molecule has 1 saturated heterocycles. The van der Waals surface area contributed by atoms with E-state index in [1.165, 1.54) is 0 Å². The first kappa shape index (κ1) is 5.03. The molecule has 0 aromatic rings. The fourth-order valence-corrected chi connectivity index (χ4v) is 0.669. The molecular weight excluding hydrogens is 90.1 g/mol. The van der Waals surface area contributed by atoms with Crippen LogP contribution in [-0.4, -0.2) is 12.5 Å². The topological polar surface area (TPSA) is 50.1 Å². The summed E-state index contributed by atoms with van der Waals surface area (Å²) in [5.41, 5.74) is 5.32. The van der Waals surface area contributed by atoms with Crippen LogP contribution in [-0.2, 0) is 0 Å². The zero-order chi connectivity index (χ0) is 5.28. The molecule has 0 aromatic heterocycles. The Hall–Kier alpha value is -0.120. The van der Waals surface area contributed by atoms with Gasteiger partial charge in [0, 0.05) is 0 Å². The second-order valence-electron chi connectivity index (χ2n) is 1.77. The second-order valence-corrected chi connectivity index (χ2v) is 1.77. The summed E-state index contributed by atoms with van der Waals surface area (Å²) >= 11 is 0. The van der Waals surface area contributed by atoms with Gasteiger partial charge in [-0.3, -0.25) is 10.6 Å². The summed E-state index contributed by atoms with van der Waals surface area (Å²) in [4.78, 5) is 0. The van der Waals surface area contributed by atoms with Crippen molar-refractivity contribution in [1.82, 2.24) is 10.6 Å². The Labute approximate surface area is 43.3 Å². The molecule has 1 rings (SSSR count). The normalized spacial score (nSPS) is 40.3. The molecule has 3 heteroatoms. The van der Waals surface area contributed by atoms with E-state index in [2.05, 4.69) is 17.6 Å². The number of rotatable bonds is 1. The van der Waals surface area contributed by atoms with Crippen LogP contribution in [0.4, 0.5) is 0 Å². The number of hydrogen-bond acceptors (Lipinski definition) is 3. The Kier molecular flexibility index (Phi) is 1.27. The summed E-state index contributed by atoms with van der Waals surface area (Å²) in [5.74, 6) is 0. The number of nitrogens with two attached hydrogens (primary N) is 1. The van der Waals surface area contributed by atoms with Gasteiger partial charge in [-0.25, -0.2) is 0 Å². The van der Waals surface area contributed by atoms with E-state index in [1.54, 1.807) is 0 Å². The largest absolute Gasteiger partial charge is 0.304 e. The minimum Gasteiger partial charge on any atom is -0.304 e. The van der Waals surface area contributed by atoms with E-state index >= 15 is 0 Å². The summed E-state index contributed by atoms with van der Waals surface area (Å²) in [6, 6.07) is 0. The van der Waals surface area contributed by atoms with E-state index in [0.29, 0.717) is 6.17 Å². The predicted octanol–water partition coefficient (Wildman–Crippen LogP) is -0.842. The van der Waals surface area contributed by atoms with Crippen LogP contribution in [0, 0.1) is 0 Å². The average molecular weight is 101 g/mol. The average Bonchev–Trinajstić information content (AvgIpc) is 1.58.